The fourth-order valence-corrected chi connectivity index (χ4v) is 6.70. The van der Waals surface area contributed by atoms with Crippen molar-refractivity contribution >= 4 is 31.6 Å². The van der Waals surface area contributed by atoms with Crippen molar-refractivity contribution in [3.63, 3.8) is 0 Å². The van der Waals surface area contributed by atoms with Gasteiger partial charge in [0.2, 0.25) is 0 Å². The van der Waals surface area contributed by atoms with E-state index in [0.29, 0.717) is 35.7 Å². The summed E-state index contributed by atoms with van der Waals surface area (Å²) in [6, 6.07) is 33.4. The van der Waals surface area contributed by atoms with Crippen LogP contribution in [0.3, 0.4) is 0 Å². The van der Waals surface area contributed by atoms with E-state index < -0.39 is 35.9 Å². The molecule has 0 heterocycles. The molecule has 0 saturated heterocycles. The normalized spacial score (nSPS) is 11.7. The number of anilines is 2. The Labute approximate surface area is 274 Å². The van der Waals surface area contributed by atoms with Gasteiger partial charge in [-0.3, -0.25) is 9.11 Å². The smallest absolute Gasteiger partial charge is 0.294 e. The summed E-state index contributed by atoms with van der Waals surface area (Å²) in [5.41, 5.74) is 4.64. The van der Waals surface area contributed by atoms with E-state index in [2.05, 4.69) is 10.6 Å². The Kier molecular flexibility index (Phi) is 10.2. The Morgan fingerprint density at radius 2 is 1.02 bits per heavy atom. The fourth-order valence-electron chi connectivity index (χ4n) is 5.36. The lowest BCUT2D eigenvalue weighted by molar-refractivity contribution is 0.402. The van der Waals surface area contributed by atoms with Gasteiger partial charge < -0.3 is 20.1 Å². The monoisotopic (exact) mass is 674 g/mol. The SMILES string of the molecule is COc1cc(NCc2ccccc2)ccc1C(c1ccc(NCc2ccccc2)cc1OC)c1ccc(S(=O)(=O)O)cc1S(=O)(=O)O. The average molecular weight is 675 g/mol. The van der Waals surface area contributed by atoms with Crippen LogP contribution < -0.4 is 20.1 Å². The number of nitrogens with one attached hydrogen (secondary N) is 2. The van der Waals surface area contributed by atoms with E-state index in [1.54, 1.807) is 24.3 Å². The number of benzene rings is 5. The van der Waals surface area contributed by atoms with E-state index >= 15 is 0 Å². The zero-order chi connectivity index (χ0) is 33.6. The molecular weight excluding hydrogens is 641 g/mol. The molecule has 5 aromatic rings. The van der Waals surface area contributed by atoms with E-state index in [1.807, 2.05) is 72.8 Å². The van der Waals surface area contributed by atoms with Crippen molar-refractivity contribution in [2.24, 2.45) is 0 Å². The van der Waals surface area contributed by atoms with E-state index in [0.717, 1.165) is 34.6 Å². The Morgan fingerprint density at radius 1 is 0.574 bits per heavy atom. The van der Waals surface area contributed by atoms with E-state index in [-0.39, 0.29) is 5.56 Å². The minimum Gasteiger partial charge on any atom is -0.496 e. The quantitative estimate of drug-likeness (QED) is 0.0794. The summed E-state index contributed by atoms with van der Waals surface area (Å²) in [4.78, 5) is -1.38. The molecule has 0 saturated carbocycles. The first-order valence-corrected chi connectivity index (χ1v) is 17.4. The molecule has 244 valence electrons. The number of methoxy groups -OCH3 is 2. The van der Waals surface area contributed by atoms with Crippen molar-refractivity contribution in [3.05, 3.63) is 143 Å². The van der Waals surface area contributed by atoms with Crippen molar-refractivity contribution in [2.75, 3.05) is 24.9 Å². The van der Waals surface area contributed by atoms with E-state index in [9.17, 15) is 25.9 Å². The second kappa shape index (κ2) is 14.3. The van der Waals surface area contributed by atoms with Crippen LogP contribution in [0.25, 0.3) is 0 Å². The first-order valence-electron chi connectivity index (χ1n) is 14.5. The first-order chi connectivity index (χ1) is 22.5. The van der Waals surface area contributed by atoms with Crippen LogP contribution in [0.4, 0.5) is 11.4 Å². The molecule has 0 spiro atoms. The molecule has 0 fully saturated rings. The van der Waals surface area contributed by atoms with Crippen LogP contribution in [-0.2, 0) is 33.3 Å². The van der Waals surface area contributed by atoms with Crippen LogP contribution in [0.1, 0.15) is 33.7 Å². The molecule has 47 heavy (non-hydrogen) atoms. The largest absolute Gasteiger partial charge is 0.496 e. The third-order valence-corrected chi connectivity index (χ3v) is 9.40. The summed E-state index contributed by atoms with van der Waals surface area (Å²) in [6.07, 6.45) is 0. The first kappa shape index (κ1) is 33.5. The van der Waals surface area contributed by atoms with Crippen molar-refractivity contribution in [3.8, 4) is 11.5 Å². The third kappa shape index (κ3) is 8.10. The predicted octanol–water partition coefficient (Wildman–Crippen LogP) is 6.60. The third-order valence-electron chi connectivity index (χ3n) is 7.64. The van der Waals surface area contributed by atoms with Crippen LogP contribution in [0.15, 0.2) is 125 Å². The highest BCUT2D eigenvalue weighted by Gasteiger charge is 2.31. The lowest BCUT2D eigenvalue weighted by atomic mass is 9.83. The summed E-state index contributed by atoms with van der Waals surface area (Å²) < 4.78 is 81.0. The number of ether oxygens (including phenoxy) is 2. The van der Waals surface area contributed by atoms with Crippen molar-refractivity contribution < 1.29 is 35.4 Å². The Bertz CT molecular complexity index is 1980. The standard InChI is InChI=1S/C35H34N2O8S2/c1-44-32-19-26(36-22-24-9-5-3-6-10-24)13-16-29(32)35(31-18-15-28(46(38,39)40)21-34(31)47(41,42)43)30-17-14-27(20-33(30)45-2)37-23-25-11-7-4-8-12-25/h3-21,35-37H,22-23H2,1-2H3,(H,38,39,40)(H,41,42,43). The minimum atomic E-state index is -4.99. The van der Waals surface area contributed by atoms with Gasteiger partial charge in [0.05, 0.1) is 24.0 Å². The van der Waals surface area contributed by atoms with Gasteiger partial charge in [-0.1, -0.05) is 78.9 Å². The molecule has 0 aliphatic carbocycles. The van der Waals surface area contributed by atoms with Gasteiger partial charge >= 0.3 is 0 Å². The Morgan fingerprint density at radius 3 is 1.43 bits per heavy atom. The molecule has 0 aliphatic heterocycles. The van der Waals surface area contributed by atoms with Crippen molar-refractivity contribution in [1.29, 1.82) is 0 Å². The van der Waals surface area contributed by atoms with Gasteiger partial charge in [0.25, 0.3) is 20.2 Å². The summed E-state index contributed by atoms with van der Waals surface area (Å²) in [5, 5.41) is 6.71. The van der Waals surface area contributed by atoms with Crippen LogP contribution in [0.5, 0.6) is 11.5 Å². The maximum absolute atomic E-state index is 12.8. The molecule has 10 nitrogen and oxygen atoms in total. The van der Waals surface area contributed by atoms with Crippen LogP contribution in [0.2, 0.25) is 0 Å². The zero-order valence-corrected chi connectivity index (χ0v) is 27.3. The molecule has 0 bridgehead atoms. The summed E-state index contributed by atoms with van der Waals surface area (Å²) in [6.45, 7) is 1.09. The predicted molar refractivity (Wildman–Crippen MR) is 181 cm³/mol. The van der Waals surface area contributed by atoms with Gasteiger partial charge in [0.1, 0.15) is 11.5 Å². The van der Waals surface area contributed by atoms with Gasteiger partial charge in [-0.2, -0.15) is 16.8 Å². The second-order valence-electron chi connectivity index (χ2n) is 10.7. The Hall–Kier alpha value is -4.88. The maximum atomic E-state index is 12.8. The molecule has 5 aromatic carbocycles. The van der Waals surface area contributed by atoms with Gasteiger partial charge in [-0.15, -0.1) is 0 Å². The molecule has 4 N–H and O–H groups in total. The molecule has 5 rings (SSSR count). The average Bonchev–Trinajstić information content (AvgIpc) is 3.07. The Balaban J connectivity index is 1.64. The second-order valence-corrected chi connectivity index (χ2v) is 13.5. The van der Waals surface area contributed by atoms with E-state index in [4.69, 9.17) is 9.47 Å². The molecule has 12 heteroatoms. The van der Waals surface area contributed by atoms with Gasteiger partial charge in [-0.25, -0.2) is 0 Å². The molecule has 0 aliphatic rings. The highest BCUT2D eigenvalue weighted by molar-refractivity contribution is 7.86. The van der Waals surface area contributed by atoms with Gasteiger partial charge in [-0.05, 0) is 41.0 Å². The highest BCUT2D eigenvalue weighted by atomic mass is 32.2. The summed E-state index contributed by atoms with van der Waals surface area (Å²) in [5.74, 6) is -0.165. The zero-order valence-electron chi connectivity index (χ0n) is 25.6. The molecule has 0 aromatic heterocycles. The van der Waals surface area contributed by atoms with Crippen molar-refractivity contribution in [1.82, 2.24) is 0 Å². The summed E-state index contributed by atoms with van der Waals surface area (Å²) in [7, 11) is -6.82. The van der Waals surface area contributed by atoms with Gasteiger partial charge in [0, 0.05) is 53.6 Å². The maximum Gasteiger partial charge on any atom is 0.294 e. The molecule has 0 radical (unpaired) electrons. The lowest BCUT2D eigenvalue weighted by Crippen LogP contribution is -2.14. The minimum absolute atomic E-state index is 0.0338. The topological polar surface area (TPSA) is 151 Å². The number of hydrogen-bond donors (Lipinski definition) is 4. The fraction of sp³-hybridized carbons (Fsp3) is 0.143. The van der Waals surface area contributed by atoms with Crippen LogP contribution in [0, 0.1) is 0 Å². The van der Waals surface area contributed by atoms with Crippen LogP contribution >= 0.6 is 0 Å². The lowest BCUT2D eigenvalue weighted by Gasteiger charge is -2.26. The van der Waals surface area contributed by atoms with E-state index in [1.165, 1.54) is 20.3 Å². The van der Waals surface area contributed by atoms with Crippen molar-refractivity contribution in [2.45, 2.75) is 28.8 Å². The number of rotatable bonds is 13. The molecular formula is C35H34N2O8S2. The highest BCUT2D eigenvalue weighted by Crippen LogP contribution is 2.45. The molecule has 0 unspecified atom stereocenters. The molecule has 0 atom stereocenters. The van der Waals surface area contributed by atoms with Crippen LogP contribution in [-0.4, -0.2) is 40.2 Å². The summed E-state index contributed by atoms with van der Waals surface area (Å²) >= 11 is 0. The number of hydrogen-bond acceptors (Lipinski definition) is 8. The van der Waals surface area contributed by atoms with Gasteiger partial charge in [0.15, 0.2) is 0 Å². The molecule has 0 amide bonds.